The first-order chi connectivity index (χ1) is 11.7. The summed E-state index contributed by atoms with van der Waals surface area (Å²) in [5.41, 5.74) is 0. The van der Waals surface area contributed by atoms with E-state index >= 15 is 0 Å². The van der Waals surface area contributed by atoms with E-state index in [1.54, 1.807) is 0 Å². The van der Waals surface area contributed by atoms with Crippen LogP contribution in [0.1, 0.15) is 64.2 Å². The lowest BCUT2D eigenvalue weighted by atomic mass is 10.1. The fourth-order valence-electron chi connectivity index (χ4n) is 3.03. The van der Waals surface area contributed by atoms with E-state index in [9.17, 15) is 10.2 Å². The van der Waals surface area contributed by atoms with Crippen molar-refractivity contribution >= 4 is 0 Å². The van der Waals surface area contributed by atoms with E-state index in [2.05, 4.69) is 0 Å². The third kappa shape index (κ3) is 8.74. The Balaban J connectivity index is 1.42. The van der Waals surface area contributed by atoms with Crippen molar-refractivity contribution in [3.8, 4) is 0 Å². The van der Waals surface area contributed by atoms with Gasteiger partial charge in [0.2, 0.25) is 0 Å². The Labute approximate surface area is 145 Å². The fraction of sp³-hybridized carbons (Fsp3) is 1.00. The third-order valence-corrected chi connectivity index (χ3v) is 4.62. The van der Waals surface area contributed by atoms with Gasteiger partial charge in [-0.25, -0.2) is 0 Å². The van der Waals surface area contributed by atoms with Gasteiger partial charge < -0.3 is 29.2 Å². The van der Waals surface area contributed by atoms with Crippen LogP contribution in [-0.2, 0) is 18.9 Å². The normalized spacial score (nSPS) is 27.8. The molecule has 4 unspecified atom stereocenters. The first-order valence-electron chi connectivity index (χ1n) is 9.56. The lowest BCUT2D eigenvalue weighted by Gasteiger charge is -2.24. The second-order valence-corrected chi connectivity index (χ2v) is 6.80. The second kappa shape index (κ2) is 12.2. The zero-order valence-corrected chi connectivity index (χ0v) is 14.7. The molecule has 2 aliphatic rings. The number of aliphatic hydroxyl groups is 2. The van der Waals surface area contributed by atoms with Gasteiger partial charge in [0.15, 0.2) is 12.6 Å². The zero-order chi connectivity index (χ0) is 17.0. The first kappa shape index (κ1) is 20.1. The van der Waals surface area contributed by atoms with Crippen LogP contribution in [0.4, 0.5) is 0 Å². The molecule has 6 heteroatoms. The Hall–Kier alpha value is -0.240. The van der Waals surface area contributed by atoms with Crippen molar-refractivity contribution < 1.29 is 29.2 Å². The van der Waals surface area contributed by atoms with Crippen LogP contribution in [0, 0.1) is 0 Å². The van der Waals surface area contributed by atoms with E-state index in [1.807, 2.05) is 0 Å². The van der Waals surface area contributed by atoms with Crippen molar-refractivity contribution in [2.75, 3.05) is 26.4 Å². The monoisotopic (exact) mass is 346 g/mol. The molecule has 0 radical (unpaired) electrons. The van der Waals surface area contributed by atoms with Gasteiger partial charge in [-0.15, -0.1) is 0 Å². The van der Waals surface area contributed by atoms with Crippen LogP contribution >= 0.6 is 0 Å². The average Bonchev–Trinajstić information content (AvgIpc) is 2.62. The van der Waals surface area contributed by atoms with Crippen LogP contribution in [-0.4, -0.2) is 61.4 Å². The zero-order valence-electron chi connectivity index (χ0n) is 14.7. The summed E-state index contributed by atoms with van der Waals surface area (Å²) in [6, 6.07) is 0. The molecule has 0 aromatic rings. The summed E-state index contributed by atoms with van der Waals surface area (Å²) < 4.78 is 22.2. The fourth-order valence-corrected chi connectivity index (χ4v) is 3.03. The summed E-state index contributed by atoms with van der Waals surface area (Å²) >= 11 is 0. The van der Waals surface area contributed by atoms with Gasteiger partial charge in [-0.05, 0) is 64.2 Å². The summed E-state index contributed by atoms with van der Waals surface area (Å²) in [6.45, 7) is 2.55. The van der Waals surface area contributed by atoms with Gasteiger partial charge in [0.25, 0.3) is 0 Å². The van der Waals surface area contributed by atoms with Crippen LogP contribution in [0.15, 0.2) is 0 Å². The molecule has 0 aliphatic carbocycles. The molecule has 6 nitrogen and oxygen atoms in total. The Morgan fingerprint density at radius 2 is 1.17 bits per heavy atom. The van der Waals surface area contributed by atoms with Gasteiger partial charge in [0.1, 0.15) is 0 Å². The van der Waals surface area contributed by atoms with Crippen molar-refractivity contribution in [2.24, 2.45) is 0 Å². The Kier molecular flexibility index (Phi) is 10.2. The van der Waals surface area contributed by atoms with E-state index in [1.165, 1.54) is 0 Å². The van der Waals surface area contributed by atoms with Crippen molar-refractivity contribution in [3.05, 3.63) is 0 Å². The van der Waals surface area contributed by atoms with E-state index in [0.29, 0.717) is 38.9 Å². The SMILES string of the molecule is OC(CCOC1CCCCO1)CCC(O)CCOC1CCCCO1. The number of aliphatic hydroxyl groups excluding tert-OH is 2. The minimum Gasteiger partial charge on any atom is -0.393 e. The highest BCUT2D eigenvalue weighted by molar-refractivity contribution is 4.63. The first-order valence-corrected chi connectivity index (χ1v) is 9.56. The maximum atomic E-state index is 9.97. The predicted octanol–water partition coefficient (Wildman–Crippen LogP) is 2.36. The topological polar surface area (TPSA) is 77.4 Å². The van der Waals surface area contributed by atoms with E-state index in [0.717, 1.165) is 51.7 Å². The maximum absolute atomic E-state index is 9.97. The molecule has 2 fully saturated rings. The number of hydrogen-bond acceptors (Lipinski definition) is 6. The van der Waals surface area contributed by atoms with Gasteiger partial charge in [-0.1, -0.05) is 0 Å². The molecule has 0 aromatic heterocycles. The van der Waals surface area contributed by atoms with Crippen LogP contribution < -0.4 is 0 Å². The van der Waals surface area contributed by atoms with E-state index < -0.39 is 12.2 Å². The Bertz CT molecular complexity index is 272. The molecule has 0 aromatic carbocycles. The standard InChI is InChI=1S/C18H34O6/c19-15(9-13-23-17-5-1-3-11-21-17)7-8-16(20)10-14-24-18-6-2-4-12-22-18/h15-20H,1-14H2. The average molecular weight is 346 g/mol. The largest absolute Gasteiger partial charge is 0.393 e. The summed E-state index contributed by atoms with van der Waals surface area (Å²) in [5.74, 6) is 0. The maximum Gasteiger partial charge on any atom is 0.157 e. The van der Waals surface area contributed by atoms with Crippen molar-refractivity contribution in [1.29, 1.82) is 0 Å². The summed E-state index contributed by atoms with van der Waals surface area (Å²) in [6.07, 6.45) is 7.64. The molecule has 4 atom stereocenters. The van der Waals surface area contributed by atoms with Crippen LogP contribution in [0.5, 0.6) is 0 Å². The molecule has 2 saturated heterocycles. The van der Waals surface area contributed by atoms with Gasteiger partial charge in [-0.2, -0.15) is 0 Å². The number of ether oxygens (including phenoxy) is 4. The molecular formula is C18H34O6. The highest BCUT2D eigenvalue weighted by Crippen LogP contribution is 2.16. The van der Waals surface area contributed by atoms with Gasteiger partial charge in [0, 0.05) is 13.2 Å². The van der Waals surface area contributed by atoms with Crippen LogP contribution in [0.25, 0.3) is 0 Å². The molecule has 0 bridgehead atoms. The molecule has 24 heavy (non-hydrogen) atoms. The quantitative estimate of drug-likeness (QED) is 0.598. The van der Waals surface area contributed by atoms with Gasteiger partial charge >= 0.3 is 0 Å². The molecule has 0 spiro atoms. The Morgan fingerprint density at radius 3 is 1.54 bits per heavy atom. The number of hydrogen-bond donors (Lipinski definition) is 2. The molecular weight excluding hydrogens is 312 g/mol. The van der Waals surface area contributed by atoms with Crippen LogP contribution in [0.3, 0.4) is 0 Å². The molecule has 0 amide bonds. The minimum absolute atomic E-state index is 0.101. The molecule has 142 valence electrons. The molecule has 0 saturated carbocycles. The van der Waals surface area contributed by atoms with E-state index in [-0.39, 0.29) is 12.6 Å². The summed E-state index contributed by atoms with van der Waals surface area (Å²) in [5, 5.41) is 19.9. The van der Waals surface area contributed by atoms with Crippen molar-refractivity contribution in [2.45, 2.75) is 89.0 Å². The highest BCUT2D eigenvalue weighted by Gasteiger charge is 2.16. The predicted molar refractivity (Wildman–Crippen MR) is 89.6 cm³/mol. The molecule has 2 aliphatic heterocycles. The lowest BCUT2D eigenvalue weighted by molar-refractivity contribution is -0.166. The number of rotatable bonds is 11. The minimum atomic E-state index is -0.439. The second-order valence-electron chi connectivity index (χ2n) is 6.80. The third-order valence-electron chi connectivity index (χ3n) is 4.62. The highest BCUT2D eigenvalue weighted by atomic mass is 16.7. The molecule has 2 N–H and O–H groups in total. The lowest BCUT2D eigenvalue weighted by Crippen LogP contribution is -2.25. The van der Waals surface area contributed by atoms with Crippen LogP contribution in [0.2, 0.25) is 0 Å². The summed E-state index contributed by atoms with van der Waals surface area (Å²) in [4.78, 5) is 0. The van der Waals surface area contributed by atoms with Crippen molar-refractivity contribution in [1.82, 2.24) is 0 Å². The molecule has 2 rings (SSSR count). The van der Waals surface area contributed by atoms with E-state index in [4.69, 9.17) is 18.9 Å². The smallest absolute Gasteiger partial charge is 0.157 e. The van der Waals surface area contributed by atoms with Crippen molar-refractivity contribution in [3.63, 3.8) is 0 Å². The summed E-state index contributed by atoms with van der Waals surface area (Å²) in [7, 11) is 0. The van der Waals surface area contributed by atoms with Gasteiger partial charge in [0.05, 0.1) is 25.4 Å². The van der Waals surface area contributed by atoms with Gasteiger partial charge in [-0.3, -0.25) is 0 Å². The molecule has 2 heterocycles. The Morgan fingerprint density at radius 1 is 0.708 bits per heavy atom.